The Morgan fingerprint density at radius 2 is 1.74 bits per heavy atom. The second-order valence-electron chi connectivity index (χ2n) is 9.55. The summed E-state index contributed by atoms with van der Waals surface area (Å²) in [7, 11) is 0. The van der Waals surface area contributed by atoms with Crippen LogP contribution in [0.15, 0.2) is 58.4 Å². The van der Waals surface area contributed by atoms with E-state index >= 15 is 0 Å². The molecule has 39 heavy (non-hydrogen) atoms. The minimum absolute atomic E-state index is 0.198. The zero-order chi connectivity index (χ0) is 27.9. The van der Waals surface area contributed by atoms with Crippen molar-refractivity contribution >= 4 is 39.6 Å². The first-order valence-corrected chi connectivity index (χ1v) is 13.4. The van der Waals surface area contributed by atoms with Gasteiger partial charge in [-0.05, 0) is 61.9 Å². The van der Waals surface area contributed by atoms with E-state index in [1.165, 1.54) is 0 Å². The monoisotopic (exact) mass is 529 g/mol. The maximum Gasteiger partial charge on any atom is 0.328 e. The van der Waals surface area contributed by atoms with Crippen LogP contribution in [0.1, 0.15) is 44.9 Å². The van der Waals surface area contributed by atoms with Crippen LogP contribution in [-0.2, 0) is 16.0 Å². The van der Waals surface area contributed by atoms with Crippen molar-refractivity contribution in [2.45, 2.75) is 53.0 Å². The highest BCUT2D eigenvalue weighted by Gasteiger charge is 2.30. The van der Waals surface area contributed by atoms with E-state index in [-0.39, 0.29) is 18.7 Å². The van der Waals surface area contributed by atoms with Gasteiger partial charge in [0.05, 0.1) is 6.61 Å². The zero-order valence-electron chi connectivity index (χ0n) is 22.9. The minimum atomic E-state index is -0.815. The van der Waals surface area contributed by atoms with Crippen molar-refractivity contribution in [3.8, 4) is 0 Å². The Bertz CT molecular complexity index is 1500. The highest BCUT2D eigenvalue weighted by molar-refractivity contribution is 5.93. The standard InChI is InChI=1S/C30H35N5O4/c1-5-14-35(15-6-2)26-25(27(36)28(26)37)34-24(30(38)39-7-3)17-20-8-10-22(11-9-20)33-29-23-18-31-13-12-21(23)16-19(4)32-29/h8-13,16,18,24,34H,5-7,14-15,17H2,1-4H3,(H,32,33)/t24-/m0/s1. The van der Waals surface area contributed by atoms with Gasteiger partial charge in [0.15, 0.2) is 0 Å². The zero-order valence-corrected chi connectivity index (χ0v) is 22.9. The lowest BCUT2D eigenvalue weighted by atomic mass is 10.0. The van der Waals surface area contributed by atoms with Gasteiger partial charge in [-0.3, -0.25) is 14.6 Å². The summed E-state index contributed by atoms with van der Waals surface area (Å²) < 4.78 is 5.29. The number of hydrogen-bond acceptors (Lipinski definition) is 9. The summed E-state index contributed by atoms with van der Waals surface area (Å²) in [5.74, 6) is 0.243. The molecule has 2 heterocycles. The van der Waals surface area contributed by atoms with E-state index in [4.69, 9.17) is 4.74 Å². The largest absolute Gasteiger partial charge is 0.464 e. The molecule has 0 unspecified atom stereocenters. The summed E-state index contributed by atoms with van der Waals surface area (Å²) in [6.45, 7) is 9.26. The molecule has 0 aliphatic carbocycles. The van der Waals surface area contributed by atoms with Gasteiger partial charge >= 0.3 is 5.97 Å². The van der Waals surface area contributed by atoms with E-state index < -0.39 is 22.9 Å². The fourth-order valence-corrected chi connectivity index (χ4v) is 4.72. The minimum Gasteiger partial charge on any atom is -0.464 e. The molecule has 4 aromatic rings. The molecule has 0 aliphatic rings. The number of benzene rings is 1. The van der Waals surface area contributed by atoms with Crippen molar-refractivity contribution in [3.63, 3.8) is 0 Å². The molecule has 0 spiro atoms. The molecule has 1 atom stereocenters. The van der Waals surface area contributed by atoms with Gasteiger partial charge in [-0.15, -0.1) is 0 Å². The molecule has 0 saturated heterocycles. The molecule has 2 N–H and O–H groups in total. The quantitative estimate of drug-likeness (QED) is 0.191. The molecule has 0 bridgehead atoms. The van der Waals surface area contributed by atoms with Crippen molar-refractivity contribution < 1.29 is 9.53 Å². The van der Waals surface area contributed by atoms with Gasteiger partial charge in [-0.1, -0.05) is 26.0 Å². The van der Waals surface area contributed by atoms with Gasteiger partial charge in [-0.25, -0.2) is 9.78 Å². The van der Waals surface area contributed by atoms with E-state index in [9.17, 15) is 14.4 Å². The van der Waals surface area contributed by atoms with Crippen LogP contribution < -0.4 is 26.4 Å². The van der Waals surface area contributed by atoms with Crippen LogP contribution in [-0.4, -0.2) is 41.7 Å². The lowest BCUT2D eigenvalue weighted by Crippen LogP contribution is -2.46. The molecule has 0 amide bonds. The topological polar surface area (TPSA) is 114 Å². The Balaban J connectivity index is 1.54. The fraction of sp³-hybridized carbons (Fsp3) is 0.367. The van der Waals surface area contributed by atoms with Crippen LogP contribution in [0.4, 0.5) is 22.9 Å². The number of pyridine rings is 2. The van der Waals surface area contributed by atoms with E-state index in [0.29, 0.717) is 24.6 Å². The predicted molar refractivity (Wildman–Crippen MR) is 156 cm³/mol. The first-order chi connectivity index (χ1) is 18.9. The molecule has 0 radical (unpaired) electrons. The number of ether oxygens (including phenoxy) is 1. The van der Waals surface area contributed by atoms with Gasteiger partial charge < -0.3 is 20.3 Å². The normalized spacial score (nSPS) is 11.9. The molecular formula is C30H35N5O4. The molecule has 0 fully saturated rings. The van der Waals surface area contributed by atoms with Crippen LogP contribution in [0.5, 0.6) is 0 Å². The SMILES string of the molecule is CCCN(CCC)c1c(N[C@@H](Cc2ccc(Nc3nc(C)cc4ccncc34)cc2)C(=O)OCC)c(=O)c1=O. The third-order valence-corrected chi connectivity index (χ3v) is 6.50. The summed E-state index contributed by atoms with van der Waals surface area (Å²) in [6, 6.07) is 10.8. The third kappa shape index (κ3) is 6.25. The number of aromatic nitrogens is 2. The molecule has 0 saturated carbocycles. The molecule has 4 rings (SSSR count). The number of esters is 1. The first kappa shape index (κ1) is 27.8. The maximum absolute atomic E-state index is 12.9. The number of aryl methyl sites for hydroxylation is 1. The van der Waals surface area contributed by atoms with Crippen LogP contribution in [0.25, 0.3) is 10.8 Å². The first-order valence-electron chi connectivity index (χ1n) is 13.4. The van der Waals surface area contributed by atoms with Gasteiger partial charge in [0.2, 0.25) is 0 Å². The van der Waals surface area contributed by atoms with E-state index in [2.05, 4.69) is 20.6 Å². The predicted octanol–water partition coefficient (Wildman–Crippen LogP) is 4.49. The number of anilines is 4. The molecule has 9 nitrogen and oxygen atoms in total. The van der Waals surface area contributed by atoms with Crippen molar-refractivity contribution in [1.82, 2.24) is 9.97 Å². The molecule has 9 heteroatoms. The number of nitrogens with one attached hydrogen (secondary N) is 2. The van der Waals surface area contributed by atoms with Gasteiger partial charge in [0, 0.05) is 48.7 Å². The van der Waals surface area contributed by atoms with Crippen LogP contribution >= 0.6 is 0 Å². The van der Waals surface area contributed by atoms with Crippen LogP contribution in [0, 0.1) is 6.92 Å². The molecule has 204 valence electrons. The smallest absolute Gasteiger partial charge is 0.328 e. The van der Waals surface area contributed by atoms with Gasteiger partial charge in [0.25, 0.3) is 10.9 Å². The van der Waals surface area contributed by atoms with Crippen molar-refractivity contribution in [3.05, 3.63) is 80.5 Å². The van der Waals surface area contributed by atoms with Gasteiger partial charge in [-0.2, -0.15) is 0 Å². The maximum atomic E-state index is 12.9. The lowest BCUT2D eigenvalue weighted by molar-refractivity contribution is -0.144. The summed E-state index contributed by atoms with van der Waals surface area (Å²) >= 11 is 0. The second kappa shape index (κ2) is 12.5. The Morgan fingerprint density at radius 1 is 1.03 bits per heavy atom. The lowest BCUT2D eigenvalue weighted by Gasteiger charge is -2.28. The van der Waals surface area contributed by atoms with Crippen molar-refractivity contribution in [1.29, 1.82) is 0 Å². The number of carbonyl (C=O) groups excluding carboxylic acids is 1. The van der Waals surface area contributed by atoms with E-state index in [1.54, 1.807) is 19.3 Å². The third-order valence-electron chi connectivity index (χ3n) is 6.50. The van der Waals surface area contributed by atoms with E-state index in [0.717, 1.165) is 40.6 Å². The van der Waals surface area contributed by atoms with Crippen LogP contribution in [0.2, 0.25) is 0 Å². The highest BCUT2D eigenvalue weighted by Crippen LogP contribution is 2.26. The molecule has 2 aromatic carbocycles. The fourth-order valence-electron chi connectivity index (χ4n) is 4.72. The average Bonchev–Trinajstić information content (AvgIpc) is 2.93. The van der Waals surface area contributed by atoms with Crippen molar-refractivity contribution in [2.24, 2.45) is 0 Å². The Hall–Kier alpha value is -4.27. The number of carbonyl (C=O) groups is 1. The Morgan fingerprint density at radius 3 is 2.41 bits per heavy atom. The summed E-state index contributed by atoms with van der Waals surface area (Å²) in [4.78, 5) is 48.6. The van der Waals surface area contributed by atoms with Crippen LogP contribution in [0.3, 0.4) is 0 Å². The summed E-state index contributed by atoms with van der Waals surface area (Å²) in [6.07, 6.45) is 5.50. The number of rotatable bonds is 13. The molecular weight excluding hydrogens is 494 g/mol. The number of nitrogens with zero attached hydrogens (tertiary/aromatic N) is 3. The van der Waals surface area contributed by atoms with Gasteiger partial charge in [0.1, 0.15) is 23.2 Å². The van der Waals surface area contributed by atoms with E-state index in [1.807, 2.05) is 62.1 Å². The Kier molecular flexibility index (Phi) is 8.91. The summed E-state index contributed by atoms with van der Waals surface area (Å²) in [5.41, 5.74) is 2.06. The second-order valence-corrected chi connectivity index (χ2v) is 9.55. The highest BCUT2D eigenvalue weighted by atomic mass is 16.5. The number of fused-ring (bicyclic) bond motifs is 1. The van der Waals surface area contributed by atoms with Crippen molar-refractivity contribution in [2.75, 3.05) is 35.2 Å². The summed E-state index contributed by atoms with van der Waals surface area (Å²) in [5, 5.41) is 8.39. The average molecular weight is 530 g/mol. The Labute approximate surface area is 227 Å². The molecule has 2 aromatic heterocycles. The molecule has 0 aliphatic heterocycles. The number of hydrogen-bond donors (Lipinski definition) is 2.